The number of nitrogen functional groups attached to an aromatic ring is 1. The fourth-order valence-electron chi connectivity index (χ4n) is 1.78. The van der Waals surface area contributed by atoms with E-state index in [2.05, 4.69) is 5.32 Å². The number of ether oxygens (including phenoxy) is 1. The fraction of sp³-hybridized carbons (Fsp3) is 0.133. The fourth-order valence-corrected chi connectivity index (χ4v) is 1.95. The van der Waals surface area contributed by atoms with E-state index in [4.69, 9.17) is 22.1 Å². The first-order valence-corrected chi connectivity index (χ1v) is 6.68. The zero-order valence-electron chi connectivity index (χ0n) is 11.3. The van der Waals surface area contributed by atoms with Crippen molar-refractivity contribution in [2.75, 3.05) is 17.7 Å². The van der Waals surface area contributed by atoms with Gasteiger partial charge in [-0.2, -0.15) is 0 Å². The van der Waals surface area contributed by atoms with E-state index >= 15 is 0 Å². The van der Waals surface area contributed by atoms with E-state index in [1.165, 1.54) is 12.1 Å². The number of nitrogens with two attached hydrogens (primary N) is 1. The number of esters is 1. The molecule has 110 valence electrons. The third kappa shape index (κ3) is 3.44. The first kappa shape index (κ1) is 15.1. The second-order valence-corrected chi connectivity index (χ2v) is 4.66. The van der Waals surface area contributed by atoms with Gasteiger partial charge in [0.2, 0.25) is 0 Å². The number of hydrogen-bond acceptors (Lipinski definition) is 4. The smallest absolute Gasteiger partial charge is 0.340 e. The minimum Gasteiger partial charge on any atom is -0.462 e. The van der Waals surface area contributed by atoms with Gasteiger partial charge in [-0.3, -0.25) is 0 Å². The van der Waals surface area contributed by atoms with E-state index in [0.29, 0.717) is 11.4 Å². The molecule has 2 rings (SSSR count). The monoisotopic (exact) mass is 308 g/mol. The van der Waals surface area contributed by atoms with Crippen LogP contribution in [0.25, 0.3) is 0 Å². The van der Waals surface area contributed by atoms with Gasteiger partial charge in [-0.05, 0) is 37.3 Å². The van der Waals surface area contributed by atoms with E-state index in [0.717, 1.165) is 0 Å². The van der Waals surface area contributed by atoms with Crippen LogP contribution in [0.3, 0.4) is 0 Å². The molecule has 0 saturated heterocycles. The van der Waals surface area contributed by atoms with E-state index in [1.807, 2.05) is 0 Å². The Labute approximate surface area is 126 Å². The van der Waals surface area contributed by atoms with Crippen LogP contribution in [0, 0.1) is 5.82 Å². The standard InChI is InChI=1S/C15H14ClFN2O2/c1-2-21-15(20)10-8-9(6-7-12(10)18)19-13-5-3-4-11(16)14(13)17/h3-8,19H,2,18H2,1H3. The number of halogens is 2. The maximum Gasteiger partial charge on any atom is 0.340 e. The predicted octanol–water partition coefficient (Wildman–Crippen LogP) is 3.98. The molecular weight excluding hydrogens is 295 g/mol. The van der Waals surface area contributed by atoms with Crippen LogP contribution >= 0.6 is 11.6 Å². The summed E-state index contributed by atoms with van der Waals surface area (Å²) in [4.78, 5) is 11.8. The molecule has 21 heavy (non-hydrogen) atoms. The maximum absolute atomic E-state index is 13.8. The van der Waals surface area contributed by atoms with Gasteiger partial charge in [0, 0.05) is 11.4 Å². The normalized spacial score (nSPS) is 10.2. The molecular formula is C15H14ClFN2O2. The Morgan fingerprint density at radius 1 is 1.38 bits per heavy atom. The minimum absolute atomic E-state index is 0.0149. The van der Waals surface area contributed by atoms with E-state index in [-0.39, 0.29) is 22.9 Å². The minimum atomic E-state index is -0.561. The first-order valence-electron chi connectivity index (χ1n) is 6.30. The molecule has 0 atom stereocenters. The molecule has 4 nitrogen and oxygen atoms in total. The van der Waals surface area contributed by atoms with Crippen LogP contribution in [0.15, 0.2) is 36.4 Å². The van der Waals surface area contributed by atoms with Crippen molar-refractivity contribution in [3.05, 3.63) is 52.8 Å². The van der Waals surface area contributed by atoms with Crippen molar-refractivity contribution < 1.29 is 13.9 Å². The van der Waals surface area contributed by atoms with E-state index in [1.54, 1.807) is 31.2 Å². The van der Waals surface area contributed by atoms with Gasteiger partial charge in [-0.25, -0.2) is 9.18 Å². The third-order valence-electron chi connectivity index (χ3n) is 2.78. The summed E-state index contributed by atoms with van der Waals surface area (Å²) >= 11 is 5.72. The van der Waals surface area contributed by atoms with Gasteiger partial charge in [-0.15, -0.1) is 0 Å². The number of benzene rings is 2. The Morgan fingerprint density at radius 3 is 2.86 bits per heavy atom. The molecule has 0 aliphatic rings. The molecule has 2 aromatic rings. The molecule has 0 fully saturated rings. The van der Waals surface area contributed by atoms with Crippen LogP contribution in [-0.4, -0.2) is 12.6 Å². The van der Waals surface area contributed by atoms with Gasteiger partial charge in [0.25, 0.3) is 0 Å². The lowest BCUT2D eigenvalue weighted by atomic mass is 10.1. The van der Waals surface area contributed by atoms with E-state index in [9.17, 15) is 9.18 Å². The Morgan fingerprint density at radius 2 is 2.14 bits per heavy atom. The number of anilines is 3. The molecule has 6 heteroatoms. The number of carbonyl (C=O) groups is 1. The SMILES string of the molecule is CCOC(=O)c1cc(Nc2cccc(Cl)c2F)ccc1N. The van der Waals surface area contributed by atoms with Gasteiger partial charge in [0.15, 0.2) is 5.82 Å². The first-order chi connectivity index (χ1) is 10.0. The number of hydrogen-bond donors (Lipinski definition) is 2. The van der Waals surface area contributed by atoms with Gasteiger partial charge < -0.3 is 15.8 Å². The lowest BCUT2D eigenvalue weighted by molar-refractivity contribution is 0.0527. The summed E-state index contributed by atoms with van der Waals surface area (Å²) in [5.41, 5.74) is 6.99. The quantitative estimate of drug-likeness (QED) is 0.662. The van der Waals surface area contributed by atoms with E-state index < -0.39 is 11.8 Å². The highest BCUT2D eigenvalue weighted by Gasteiger charge is 2.13. The maximum atomic E-state index is 13.8. The van der Waals surface area contributed by atoms with Gasteiger partial charge in [0.05, 0.1) is 22.9 Å². The highest BCUT2D eigenvalue weighted by Crippen LogP contribution is 2.27. The molecule has 0 spiro atoms. The average Bonchev–Trinajstić information content (AvgIpc) is 2.46. The Balaban J connectivity index is 2.31. The molecule has 0 aliphatic carbocycles. The van der Waals surface area contributed by atoms with Crippen LogP contribution in [0.1, 0.15) is 17.3 Å². The third-order valence-corrected chi connectivity index (χ3v) is 3.07. The summed E-state index contributed by atoms with van der Waals surface area (Å²) < 4.78 is 18.8. The topological polar surface area (TPSA) is 64.3 Å². The summed E-state index contributed by atoms with van der Waals surface area (Å²) in [5.74, 6) is -1.08. The lowest BCUT2D eigenvalue weighted by Crippen LogP contribution is -2.08. The van der Waals surface area contributed by atoms with Gasteiger partial charge in [-0.1, -0.05) is 17.7 Å². The highest BCUT2D eigenvalue weighted by atomic mass is 35.5. The summed E-state index contributed by atoms with van der Waals surface area (Å²) in [5, 5.41) is 2.87. The predicted molar refractivity (Wildman–Crippen MR) is 81.5 cm³/mol. The number of nitrogens with one attached hydrogen (secondary N) is 1. The second kappa shape index (κ2) is 6.45. The van der Waals surface area contributed by atoms with Gasteiger partial charge in [0.1, 0.15) is 0 Å². The highest BCUT2D eigenvalue weighted by molar-refractivity contribution is 6.31. The van der Waals surface area contributed by atoms with Crippen molar-refractivity contribution in [3.63, 3.8) is 0 Å². The number of carbonyl (C=O) groups excluding carboxylic acids is 1. The zero-order chi connectivity index (χ0) is 15.4. The molecule has 0 aromatic heterocycles. The summed E-state index contributed by atoms with van der Waals surface area (Å²) in [6.07, 6.45) is 0. The van der Waals surface area contributed by atoms with Gasteiger partial charge >= 0.3 is 5.97 Å². The molecule has 0 unspecified atom stereocenters. The molecule has 0 saturated carbocycles. The van der Waals surface area contributed by atoms with Crippen molar-refractivity contribution in [2.45, 2.75) is 6.92 Å². The molecule has 0 heterocycles. The Hall–Kier alpha value is -2.27. The van der Waals surface area contributed by atoms with Crippen LogP contribution in [-0.2, 0) is 4.74 Å². The van der Waals surface area contributed by atoms with Crippen molar-refractivity contribution >= 4 is 34.6 Å². The molecule has 0 radical (unpaired) electrons. The summed E-state index contributed by atoms with van der Waals surface area (Å²) in [7, 11) is 0. The van der Waals surface area contributed by atoms with Crippen LogP contribution in [0.4, 0.5) is 21.5 Å². The van der Waals surface area contributed by atoms with Crippen LogP contribution in [0.5, 0.6) is 0 Å². The van der Waals surface area contributed by atoms with Crippen LogP contribution < -0.4 is 11.1 Å². The van der Waals surface area contributed by atoms with Crippen molar-refractivity contribution in [3.8, 4) is 0 Å². The number of rotatable bonds is 4. The second-order valence-electron chi connectivity index (χ2n) is 4.25. The van der Waals surface area contributed by atoms with Crippen LogP contribution in [0.2, 0.25) is 5.02 Å². The van der Waals surface area contributed by atoms with Crippen molar-refractivity contribution in [1.29, 1.82) is 0 Å². The molecule has 0 aliphatic heterocycles. The molecule has 0 amide bonds. The van der Waals surface area contributed by atoms with Crippen molar-refractivity contribution in [2.24, 2.45) is 0 Å². The zero-order valence-corrected chi connectivity index (χ0v) is 12.1. The lowest BCUT2D eigenvalue weighted by Gasteiger charge is -2.11. The Bertz CT molecular complexity index is 677. The molecule has 3 N–H and O–H groups in total. The van der Waals surface area contributed by atoms with Crippen molar-refractivity contribution in [1.82, 2.24) is 0 Å². The molecule has 2 aromatic carbocycles. The Kier molecular flexibility index (Phi) is 4.65. The largest absolute Gasteiger partial charge is 0.462 e. The molecule has 0 bridgehead atoms. The average molecular weight is 309 g/mol. The summed E-state index contributed by atoms with van der Waals surface area (Å²) in [6, 6.07) is 9.32. The summed E-state index contributed by atoms with van der Waals surface area (Å²) in [6.45, 7) is 1.95.